The van der Waals surface area contributed by atoms with Crippen LogP contribution in [0.5, 0.6) is 0 Å². The van der Waals surface area contributed by atoms with Crippen LogP contribution in [0.15, 0.2) is 0 Å². The van der Waals surface area contributed by atoms with E-state index in [4.69, 9.17) is 14.2 Å². The van der Waals surface area contributed by atoms with Crippen LogP contribution in [0.4, 0.5) is 4.79 Å². The fourth-order valence-corrected chi connectivity index (χ4v) is 2.19. The van der Waals surface area contributed by atoms with Crippen LogP contribution >= 0.6 is 0 Å². The van der Waals surface area contributed by atoms with Crippen LogP contribution in [-0.4, -0.2) is 31.6 Å². The lowest BCUT2D eigenvalue weighted by molar-refractivity contribution is -0.0654. The molecule has 0 aromatic rings. The van der Waals surface area contributed by atoms with Gasteiger partial charge in [-0.1, -0.05) is 27.7 Å². The minimum absolute atomic E-state index is 0.193. The van der Waals surface area contributed by atoms with Crippen LogP contribution < -0.4 is 0 Å². The minimum Gasteiger partial charge on any atom is -0.430 e. The van der Waals surface area contributed by atoms with Crippen LogP contribution in [0, 0.1) is 5.41 Å². The molecule has 1 aliphatic rings. The molecule has 0 aliphatic carbocycles. The SMILES string of the molecule is CCC(OCC1COC(=O)O1)C(C)(CC)CC. The molecular weight excluding hydrogens is 220 g/mol. The van der Waals surface area contributed by atoms with Gasteiger partial charge in [0.05, 0.1) is 12.7 Å². The minimum atomic E-state index is -0.583. The van der Waals surface area contributed by atoms with Crippen molar-refractivity contribution in [3.63, 3.8) is 0 Å². The van der Waals surface area contributed by atoms with Crippen LogP contribution in [0.3, 0.4) is 0 Å². The molecule has 0 aromatic carbocycles. The van der Waals surface area contributed by atoms with Gasteiger partial charge >= 0.3 is 6.16 Å². The van der Waals surface area contributed by atoms with E-state index in [1.54, 1.807) is 0 Å². The van der Waals surface area contributed by atoms with Gasteiger partial charge in [0.2, 0.25) is 0 Å². The Morgan fingerprint density at radius 2 is 2.06 bits per heavy atom. The van der Waals surface area contributed by atoms with Crippen LogP contribution in [0.1, 0.15) is 47.0 Å². The Morgan fingerprint density at radius 1 is 1.41 bits per heavy atom. The van der Waals surface area contributed by atoms with Crippen LogP contribution in [-0.2, 0) is 14.2 Å². The summed E-state index contributed by atoms with van der Waals surface area (Å²) in [5.41, 5.74) is 0.193. The molecule has 0 saturated carbocycles. The van der Waals surface area contributed by atoms with E-state index in [0.29, 0.717) is 13.2 Å². The maximum atomic E-state index is 10.8. The summed E-state index contributed by atoms with van der Waals surface area (Å²) in [6, 6.07) is 0. The van der Waals surface area contributed by atoms with Crippen molar-refractivity contribution >= 4 is 6.16 Å². The molecule has 1 saturated heterocycles. The van der Waals surface area contributed by atoms with Gasteiger partial charge < -0.3 is 14.2 Å². The zero-order valence-electron chi connectivity index (χ0n) is 11.3. The average molecular weight is 244 g/mol. The predicted octanol–water partition coefficient (Wildman–Crippen LogP) is 3.14. The van der Waals surface area contributed by atoms with E-state index in [1.807, 2.05) is 0 Å². The fourth-order valence-electron chi connectivity index (χ4n) is 2.19. The Bertz CT molecular complexity index is 248. The lowest BCUT2D eigenvalue weighted by atomic mass is 9.78. The molecule has 0 radical (unpaired) electrons. The molecule has 1 heterocycles. The highest BCUT2D eigenvalue weighted by atomic mass is 16.8. The summed E-state index contributed by atoms with van der Waals surface area (Å²) in [7, 11) is 0. The van der Waals surface area contributed by atoms with Gasteiger partial charge in [-0.15, -0.1) is 0 Å². The summed E-state index contributed by atoms with van der Waals surface area (Å²) in [5.74, 6) is 0. The molecule has 0 aromatic heterocycles. The second kappa shape index (κ2) is 6.24. The predicted molar refractivity (Wildman–Crippen MR) is 64.9 cm³/mol. The average Bonchev–Trinajstić information content (AvgIpc) is 2.75. The first-order chi connectivity index (χ1) is 8.05. The second-order valence-electron chi connectivity index (χ2n) is 4.89. The third kappa shape index (κ3) is 3.60. The summed E-state index contributed by atoms with van der Waals surface area (Å²) in [4.78, 5) is 10.8. The lowest BCUT2D eigenvalue weighted by Gasteiger charge is -2.35. The molecule has 17 heavy (non-hydrogen) atoms. The Balaban J connectivity index is 2.44. The largest absolute Gasteiger partial charge is 0.508 e. The smallest absolute Gasteiger partial charge is 0.430 e. The van der Waals surface area contributed by atoms with Gasteiger partial charge in [-0.3, -0.25) is 0 Å². The van der Waals surface area contributed by atoms with Crippen LogP contribution in [0.2, 0.25) is 0 Å². The topological polar surface area (TPSA) is 44.8 Å². The van der Waals surface area contributed by atoms with Gasteiger partial charge in [0.1, 0.15) is 6.61 Å². The van der Waals surface area contributed by atoms with Crippen LogP contribution in [0.25, 0.3) is 0 Å². The Kier molecular flexibility index (Phi) is 5.25. The van der Waals surface area contributed by atoms with E-state index in [0.717, 1.165) is 19.3 Å². The van der Waals surface area contributed by atoms with Crippen molar-refractivity contribution in [2.45, 2.75) is 59.2 Å². The number of carbonyl (C=O) groups is 1. The van der Waals surface area contributed by atoms with Crippen molar-refractivity contribution in [3.05, 3.63) is 0 Å². The third-order valence-corrected chi connectivity index (χ3v) is 3.90. The first-order valence-electron chi connectivity index (χ1n) is 6.50. The first-order valence-corrected chi connectivity index (χ1v) is 6.50. The van der Waals surface area contributed by atoms with Gasteiger partial charge in [-0.05, 0) is 24.7 Å². The first kappa shape index (κ1) is 14.3. The summed E-state index contributed by atoms with van der Waals surface area (Å²) in [5, 5.41) is 0. The van der Waals surface area contributed by atoms with E-state index in [-0.39, 0.29) is 17.6 Å². The number of hydrogen-bond donors (Lipinski definition) is 0. The molecule has 1 fully saturated rings. The second-order valence-corrected chi connectivity index (χ2v) is 4.89. The molecule has 2 unspecified atom stereocenters. The summed E-state index contributed by atoms with van der Waals surface area (Å²) in [6.07, 6.45) is 2.53. The van der Waals surface area contributed by atoms with Crippen molar-refractivity contribution in [3.8, 4) is 0 Å². The number of ether oxygens (including phenoxy) is 3. The highest BCUT2D eigenvalue weighted by molar-refractivity contribution is 5.61. The Morgan fingerprint density at radius 3 is 2.47 bits per heavy atom. The quantitative estimate of drug-likeness (QED) is 0.645. The van der Waals surface area contributed by atoms with E-state index in [1.165, 1.54) is 0 Å². The molecule has 1 rings (SSSR count). The highest BCUT2D eigenvalue weighted by Crippen LogP contribution is 2.33. The van der Waals surface area contributed by atoms with E-state index >= 15 is 0 Å². The number of cyclic esters (lactones) is 2. The number of rotatable bonds is 7. The monoisotopic (exact) mass is 244 g/mol. The molecular formula is C13H24O4. The van der Waals surface area contributed by atoms with Gasteiger partial charge in [-0.25, -0.2) is 4.79 Å². The molecule has 100 valence electrons. The van der Waals surface area contributed by atoms with Crippen molar-refractivity contribution in [1.82, 2.24) is 0 Å². The molecule has 2 atom stereocenters. The number of carbonyl (C=O) groups excluding carboxylic acids is 1. The molecule has 0 amide bonds. The molecule has 4 nitrogen and oxygen atoms in total. The van der Waals surface area contributed by atoms with Crippen molar-refractivity contribution in [2.24, 2.45) is 5.41 Å². The zero-order chi connectivity index (χ0) is 12.9. The maximum absolute atomic E-state index is 10.8. The highest BCUT2D eigenvalue weighted by Gasteiger charge is 2.32. The number of hydrogen-bond acceptors (Lipinski definition) is 4. The maximum Gasteiger partial charge on any atom is 0.508 e. The third-order valence-electron chi connectivity index (χ3n) is 3.90. The van der Waals surface area contributed by atoms with E-state index < -0.39 is 6.16 Å². The van der Waals surface area contributed by atoms with Crippen molar-refractivity contribution in [1.29, 1.82) is 0 Å². The van der Waals surface area contributed by atoms with E-state index in [2.05, 4.69) is 27.7 Å². The van der Waals surface area contributed by atoms with Crippen molar-refractivity contribution in [2.75, 3.05) is 13.2 Å². The molecule has 0 N–H and O–H groups in total. The lowest BCUT2D eigenvalue weighted by Crippen LogP contribution is -2.35. The standard InChI is InChI=1S/C13H24O4/c1-5-11(13(4,6-2)7-3)15-8-10-9-16-12(14)17-10/h10-11H,5-9H2,1-4H3. The molecule has 4 heteroatoms. The van der Waals surface area contributed by atoms with Gasteiger partial charge in [0, 0.05) is 0 Å². The summed E-state index contributed by atoms with van der Waals surface area (Å²) in [6.45, 7) is 9.50. The normalized spacial score (nSPS) is 22.1. The van der Waals surface area contributed by atoms with Crippen molar-refractivity contribution < 1.29 is 19.0 Å². The summed E-state index contributed by atoms with van der Waals surface area (Å²) >= 11 is 0. The van der Waals surface area contributed by atoms with E-state index in [9.17, 15) is 4.79 Å². The van der Waals surface area contributed by atoms with Gasteiger partial charge in [0.25, 0.3) is 0 Å². The Hall–Kier alpha value is -0.770. The fraction of sp³-hybridized carbons (Fsp3) is 0.923. The molecule has 0 spiro atoms. The zero-order valence-corrected chi connectivity index (χ0v) is 11.3. The van der Waals surface area contributed by atoms with Gasteiger partial charge in [-0.2, -0.15) is 0 Å². The molecule has 0 bridgehead atoms. The Labute approximate surface area is 104 Å². The molecule has 1 aliphatic heterocycles. The summed E-state index contributed by atoms with van der Waals surface area (Å²) < 4.78 is 15.6. The van der Waals surface area contributed by atoms with Gasteiger partial charge in [0.15, 0.2) is 6.10 Å².